The van der Waals surface area contributed by atoms with Crippen molar-refractivity contribution in [2.24, 2.45) is 5.73 Å². The number of nitrogens with zero attached hydrogens (tertiary/aromatic N) is 1. The highest BCUT2D eigenvalue weighted by Gasteiger charge is 2.19. The number of hydrogen-bond acceptors (Lipinski definition) is 3. The van der Waals surface area contributed by atoms with Crippen molar-refractivity contribution in [2.75, 3.05) is 0 Å². The molecule has 0 aromatic carbocycles. The average molecular weight is 224 g/mol. The highest BCUT2D eigenvalue weighted by atomic mass is 32.1. The molecule has 4 heteroatoms. The van der Waals surface area contributed by atoms with Gasteiger partial charge < -0.3 is 10.5 Å². The van der Waals surface area contributed by atoms with E-state index in [0.29, 0.717) is 16.4 Å². The predicted octanol–water partition coefficient (Wildman–Crippen LogP) is 2.28. The summed E-state index contributed by atoms with van der Waals surface area (Å²) in [6, 6.07) is 3.61. The van der Waals surface area contributed by atoms with Gasteiger partial charge in [0.25, 0.3) is 0 Å². The first kappa shape index (κ1) is 11.9. The van der Waals surface area contributed by atoms with Gasteiger partial charge >= 0.3 is 0 Å². The zero-order valence-corrected chi connectivity index (χ0v) is 10.1. The van der Waals surface area contributed by atoms with E-state index in [0.717, 1.165) is 6.42 Å². The Hall–Kier alpha value is -1.16. The quantitative estimate of drug-likeness (QED) is 0.797. The molecule has 0 saturated carbocycles. The van der Waals surface area contributed by atoms with Crippen LogP contribution in [0.4, 0.5) is 0 Å². The van der Waals surface area contributed by atoms with Crippen LogP contribution in [0.1, 0.15) is 32.8 Å². The third-order valence-corrected chi connectivity index (χ3v) is 2.48. The second-order valence-electron chi connectivity index (χ2n) is 3.94. The SMILES string of the molecule is CCC(C)(C)Oc1ncccc1C(N)=S. The number of thiocarbonyl (C=S) groups is 1. The van der Waals surface area contributed by atoms with Gasteiger partial charge in [-0.1, -0.05) is 19.1 Å². The van der Waals surface area contributed by atoms with Gasteiger partial charge in [-0.25, -0.2) is 4.98 Å². The molecule has 1 aromatic rings. The summed E-state index contributed by atoms with van der Waals surface area (Å²) in [5.74, 6) is 0.511. The van der Waals surface area contributed by atoms with E-state index in [9.17, 15) is 0 Å². The molecular weight excluding hydrogens is 208 g/mol. The van der Waals surface area contributed by atoms with Crippen molar-refractivity contribution < 1.29 is 4.74 Å². The Labute approximate surface area is 95.7 Å². The fourth-order valence-electron chi connectivity index (χ4n) is 0.994. The van der Waals surface area contributed by atoms with Crippen LogP contribution in [0.25, 0.3) is 0 Å². The van der Waals surface area contributed by atoms with Gasteiger partial charge in [0.2, 0.25) is 5.88 Å². The molecule has 15 heavy (non-hydrogen) atoms. The highest BCUT2D eigenvalue weighted by Crippen LogP contribution is 2.22. The Morgan fingerprint density at radius 3 is 2.80 bits per heavy atom. The van der Waals surface area contributed by atoms with Crippen molar-refractivity contribution >= 4 is 17.2 Å². The number of pyridine rings is 1. The maximum atomic E-state index is 5.76. The fraction of sp³-hybridized carbons (Fsp3) is 0.455. The third-order valence-electron chi connectivity index (χ3n) is 2.26. The summed E-state index contributed by atoms with van der Waals surface area (Å²) < 4.78 is 5.76. The van der Waals surface area contributed by atoms with Crippen LogP contribution in [0.15, 0.2) is 18.3 Å². The topological polar surface area (TPSA) is 48.1 Å². The number of nitrogens with two attached hydrogens (primary N) is 1. The number of hydrogen-bond donors (Lipinski definition) is 1. The largest absolute Gasteiger partial charge is 0.471 e. The first-order valence-corrected chi connectivity index (χ1v) is 5.31. The Balaban J connectivity index is 2.99. The van der Waals surface area contributed by atoms with Crippen molar-refractivity contribution in [1.29, 1.82) is 0 Å². The summed E-state index contributed by atoms with van der Waals surface area (Å²) >= 11 is 4.93. The normalized spacial score (nSPS) is 11.1. The van der Waals surface area contributed by atoms with Crippen LogP contribution in [-0.2, 0) is 0 Å². The summed E-state index contributed by atoms with van der Waals surface area (Å²) in [5.41, 5.74) is 6.02. The van der Waals surface area contributed by atoms with Crippen LogP contribution in [0.5, 0.6) is 5.88 Å². The summed E-state index contributed by atoms with van der Waals surface area (Å²) in [6.45, 7) is 6.07. The van der Waals surface area contributed by atoms with Crippen molar-refractivity contribution in [3.05, 3.63) is 23.9 Å². The first-order chi connectivity index (χ1) is 6.96. The summed E-state index contributed by atoms with van der Waals surface area (Å²) in [6.07, 6.45) is 2.56. The Bertz CT molecular complexity index is 363. The van der Waals surface area contributed by atoms with E-state index in [4.69, 9.17) is 22.7 Å². The molecule has 2 N–H and O–H groups in total. The molecule has 0 amide bonds. The molecule has 1 rings (SSSR count). The molecule has 0 spiro atoms. The second-order valence-corrected chi connectivity index (χ2v) is 4.38. The Morgan fingerprint density at radius 1 is 1.60 bits per heavy atom. The minimum absolute atomic E-state index is 0.256. The van der Waals surface area contributed by atoms with Gasteiger partial charge in [-0.15, -0.1) is 0 Å². The first-order valence-electron chi connectivity index (χ1n) is 4.90. The van der Waals surface area contributed by atoms with Gasteiger partial charge in [0.1, 0.15) is 10.6 Å². The molecule has 1 aromatic heterocycles. The van der Waals surface area contributed by atoms with Crippen molar-refractivity contribution in [3.63, 3.8) is 0 Å². The van der Waals surface area contributed by atoms with E-state index >= 15 is 0 Å². The van der Waals surface area contributed by atoms with Crippen LogP contribution >= 0.6 is 12.2 Å². The lowest BCUT2D eigenvalue weighted by atomic mass is 10.1. The lowest BCUT2D eigenvalue weighted by Crippen LogP contribution is -2.28. The smallest absolute Gasteiger partial charge is 0.224 e. The summed E-state index contributed by atoms with van der Waals surface area (Å²) in [4.78, 5) is 4.45. The highest BCUT2D eigenvalue weighted by molar-refractivity contribution is 7.80. The van der Waals surface area contributed by atoms with Crippen LogP contribution < -0.4 is 10.5 Å². The molecule has 0 fully saturated rings. The lowest BCUT2D eigenvalue weighted by Gasteiger charge is -2.25. The van der Waals surface area contributed by atoms with Crippen LogP contribution in [-0.4, -0.2) is 15.6 Å². The standard InChI is InChI=1S/C11H16N2OS/c1-4-11(2,3)14-10-8(9(12)15)6-5-7-13-10/h5-7H,4H2,1-3H3,(H2,12,15). The van der Waals surface area contributed by atoms with Gasteiger partial charge in [0, 0.05) is 6.20 Å². The summed E-state index contributed by atoms with van der Waals surface area (Å²) in [5, 5.41) is 0. The second kappa shape index (κ2) is 4.57. The van der Waals surface area contributed by atoms with Gasteiger partial charge in [-0.05, 0) is 32.4 Å². The molecule has 0 aliphatic heterocycles. The fourth-order valence-corrected chi connectivity index (χ4v) is 1.15. The Morgan fingerprint density at radius 2 is 2.27 bits per heavy atom. The number of rotatable bonds is 4. The zero-order valence-electron chi connectivity index (χ0n) is 9.28. The molecule has 0 aliphatic rings. The van der Waals surface area contributed by atoms with Crippen molar-refractivity contribution in [3.8, 4) is 5.88 Å². The monoisotopic (exact) mass is 224 g/mol. The maximum Gasteiger partial charge on any atom is 0.224 e. The molecule has 0 bridgehead atoms. The van der Waals surface area contributed by atoms with Crippen LogP contribution in [0, 0.1) is 0 Å². The number of ether oxygens (including phenoxy) is 1. The molecule has 82 valence electrons. The minimum atomic E-state index is -0.256. The molecule has 0 saturated heterocycles. The van der Waals surface area contributed by atoms with Crippen LogP contribution in [0.2, 0.25) is 0 Å². The zero-order chi connectivity index (χ0) is 11.5. The molecular formula is C11H16N2OS. The molecule has 0 atom stereocenters. The van der Waals surface area contributed by atoms with Gasteiger partial charge in [-0.3, -0.25) is 0 Å². The molecule has 1 heterocycles. The van der Waals surface area contributed by atoms with E-state index in [-0.39, 0.29) is 5.60 Å². The average Bonchev–Trinajstić information content (AvgIpc) is 2.18. The van der Waals surface area contributed by atoms with E-state index < -0.39 is 0 Å². The van der Waals surface area contributed by atoms with Crippen molar-refractivity contribution in [1.82, 2.24) is 4.98 Å². The van der Waals surface area contributed by atoms with E-state index in [1.165, 1.54) is 0 Å². The van der Waals surface area contributed by atoms with Gasteiger partial charge in [-0.2, -0.15) is 0 Å². The molecule has 3 nitrogen and oxygen atoms in total. The maximum absolute atomic E-state index is 5.76. The number of aromatic nitrogens is 1. The molecule has 0 unspecified atom stereocenters. The molecule has 0 radical (unpaired) electrons. The Kier molecular flexibility index (Phi) is 3.63. The predicted molar refractivity (Wildman–Crippen MR) is 65.1 cm³/mol. The van der Waals surface area contributed by atoms with E-state index in [1.807, 2.05) is 19.9 Å². The van der Waals surface area contributed by atoms with E-state index in [1.54, 1.807) is 12.3 Å². The minimum Gasteiger partial charge on any atom is -0.471 e. The van der Waals surface area contributed by atoms with Gasteiger partial charge in [0.05, 0.1) is 5.56 Å². The van der Waals surface area contributed by atoms with E-state index in [2.05, 4.69) is 11.9 Å². The lowest BCUT2D eigenvalue weighted by molar-refractivity contribution is 0.0988. The third kappa shape index (κ3) is 3.16. The van der Waals surface area contributed by atoms with Crippen LogP contribution in [0.3, 0.4) is 0 Å². The summed E-state index contributed by atoms with van der Waals surface area (Å²) in [7, 11) is 0. The molecule has 0 aliphatic carbocycles. The van der Waals surface area contributed by atoms with Crippen molar-refractivity contribution in [2.45, 2.75) is 32.8 Å². The van der Waals surface area contributed by atoms with Gasteiger partial charge in [0.15, 0.2) is 0 Å².